The van der Waals surface area contributed by atoms with Crippen molar-refractivity contribution in [2.24, 2.45) is 5.92 Å². The Morgan fingerprint density at radius 1 is 1.11 bits per heavy atom. The molecule has 0 radical (unpaired) electrons. The molecule has 2 aromatic carbocycles. The molecule has 3 aromatic rings. The highest BCUT2D eigenvalue weighted by molar-refractivity contribution is 7.91. The summed E-state index contributed by atoms with van der Waals surface area (Å²) in [6.45, 7) is 6.81. The van der Waals surface area contributed by atoms with Crippen LogP contribution in [0.3, 0.4) is 0 Å². The predicted molar refractivity (Wildman–Crippen MR) is 137 cm³/mol. The van der Waals surface area contributed by atoms with E-state index in [-0.39, 0.29) is 34.9 Å². The van der Waals surface area contributed by atoms with E-state index in [9.17, 15) is 26.4 Å². The summed E-state index contributed by atoms with van der Waals surface area (Å²) in [5, 5.41) is 3.35. The molecule has 198 valence electrons. The molecule has 1 aliphatic rings. The summed E-state index contributed by atoms with van der Waals surface area (Å²) in [6, 6.07) is 11.5. The van der Waals surface area contributed by atoms with Gasteiger partial charge in [-0.2, -0.15) is 13.2 Å². The van der Waals surface area contributed by atoms with Crippen LogP contribution in [0.15, 0.2) is 53.4 Å². The summed E-state index contributed by atoms with van der Waals surface area (Å²) in [6.07, 6.45) is -4.27. The van der Waals surface area contributed by atoms with Crippen molar-refractivity contribution in [3.8, 4) is 0 Å². The van der Waals surface area contributed by atoms with Gasteiger partial charge in [-0.05, 0) is 41.3 Å². The van der Waals surface area contributed by atoms with Crippen LogP contribution in [0.5, 0.6) is 0 Å². The van der Waals surface area contributed by atoms with Crippen LogP contribution in [0.25, 0.3) is 0 Å². The van der Waals surface area contributed by atoms with Gasteiger partial charge in [0, 0.05) is 18.0 Å². The van der Waals surface area contributed by atoms with Gasteiger partial charge in [-0.3, -0.25) is 9.69 Å². The normalized spacial score (nSPS) is 16.2. The largest absolute Gasteiger partial charge is 0.416 e. The van der Waals surface area contributed by atoms with Gasteiger partial charge in [0.1, 0.15) is 0 Å². The molecule has 4 rings (SSSR count). The van der Waals surface area contributed by atoms with Crippen molar-refractivity contribution in [2.45, 2.75) is 57.4 Å². The van der Waals surface area contributed by atoms with Crippen molar-refractivity contribution in [2.75, 3.05) is 11.1 Å². The summed E-state index contributed by atoms with van der Waals surface area (Å²) in [5.41, 5.74) is 1.71. The first-order valence-corrected chi connectivity index (χ1v) is 14.4. The topological polar surface area (TPSA) is 79.4 Å². The van der Waals surface area contributed by atoms with Crippen LogP contribution in [0.4, 0.5) is 18.3 Å². The fourth-order valence-corrected chi connectivity index (χ4v) is 6.40. The molecule has 6 nitrogen and oxygen atoms in total. The monoisotopic (exact) mass is 551 g/mol. The lowest BCUT2D eigenvalue weighted by atomic mass is 10.0. The van der Waals surface area contributed by atoms with Crippen LogP contribution in [0.1, 0.15) is 54.1 Å². The smallest absolute Gasteiger partial charge is 0.302 e. The van der Waals surface area contributed by atoms with Crippen molar-refractivity contribution >= 4 is 32.2 Å². The average molecular weight is 552 g/mol. The standard InChI is InChI=1S/C26H28F3N3O3S2/c1-4-37(34,35)20-11-7-17(8-12-20)13-22(33)30-25-31-23-21(36-25)15-32(24(23)16(2)3)14-18-5-9-19(10-6-18)26(27,28)29/h5-12,16,24H,4,13-15H2,1-3H3,(H,30,31,33)/t24-/m1/s1. The van der Waals surface area contributed by atoms with Gasteiger partial charge in [0.25, 0.3) is 0 Å². The van der Waals surface area contributed by atoms with Crippen molar-refractivity contribution < 1.29 is 26.4 Å². The number of benzene rings is 2. The van der Waals surface area contributed by atoms with Gasteiger partial charge in [0.05, 0.1) is 34.4 Å². The van der Waals surface area contributed by atoms with E-state index in [1.54, 1.807) is 19.1 Å². The number of hydrogen-bond donors (Lipinski definition) is 1. The van der Waals surface area contributed by atoms with Gasteiger partial charge in [-0.1, -0.05) is 45.0 Å². The summed E-state index contributed by atoms with van der Waals surface area (Å²) in [7, 11) is -3.29. The minimum atomic E-state index is -4.36. The van der Waals surface area contributed by atoms with Crippen LogP contribution in [0, 0.1) is 5.92 Å². The lowest BCUT2D eigenvalue weighted by Gasteiger charge is -2.27. The minimum absolute atomic E-state index is 0.0146. The number of alkyl halides is 3. The summed E-state index contributed by atoms with van der Waals surface area (Å²) >= 11 is 1.40. The number of carbonyl (C=O) groups excluding carboxylic acids is 1. The minimum Gasteiger partial charge on any atom is -0.302 e. The molecule has 2 heterocycles. The quantitative estimate of drug-likeness (QED) is 0.380. The van der Waals surface area contributed by atoms with Gasteiger partial charge in [-0.25, -0.2) is 13.4 Å². The lowest BCUT2D eigenvalue weighted by molar-refractivity contribution is -0.137. The molecule has 0 fully saturated rings. The van der Waals surface area contributed by atoms with E-state index in [1.165, 1.54) is 35.6 Å². The van der Waals surface area contributed by atoms with Crippen molar-refractivity contribution in [1.29, 1.82) is 0 Å². The molecule has 0 unspecified atom stereocenters. The number of nitrogens with zero attached hydrogens (tertiary/aromatic N) is 2. The van der Waals surface area contributed by atoms with E-state index in [0.717, 1.165) is 28.3 Å². The van der Waals surface area contributed by atoms with Crippen LogP contribution < -0.4 is 5.32 Å². The Bertz CT molecular complexity index is 1370. The number of sulfone groups is 1. The number of fused-ring (bicyclic) bond motifs is 1. The molecule has 37 heavy (non-hydrogen) atoms. The molecule has 0 spiro atoms. The fourth-order valence-electron chi connectivity index (χ4n) is 4.47. The number of amides is 1. The predicted octanol–water partition coefficient (Wildman–Crippen LogP) is 5.85. The first-order chi connectivity index (χ1) is 17.4. The third-order valence-corrected chi connectivity index (χ3v) is 9.04. The highest BCUT2D eigenvalue weighted by Crippen LogP contribution is 2.43. The maximum Gasteiger partial charge on any atom is 0.416 e. The van der Waals surface area contributed by atoms with E-state index >= 15 is 0 Å². The number of nitrogens with one attached hydrogen (secondary N) is 1. The molecule has 0 saturated carbocycles. The zero-order chi connectivity index (χ0) is 27.0. The Morgan fingerprint density at radius 3 is 2.30 bits per heavy atom. The second-order valence-electron chi connectivity index (χ2n) is 9.39. The zero-order valence-corrected chi connectivity index (χ0v) is 22.3. The van der Waals surface area contributed by atoms with Crippen LogP contribution >= 0.6 is 11.3 Å². The Hall–Kier alpha value is -2.76. The second-order valence-corrected chi connectivity index (χ2v) is 12.8. The molecule has 1 amide bonds. The summed E-state index contributed by atoms with van der Waals surface area (Å²) in [4.78, 5) is 20.7. The van der Waals surface area contributed by atoms with Gasteiger partial charge < -0.3 is 5.32 Å². The van der Waals surface area contributed by atoms with Crippen LogP contribution in [-0.4, -0.2) is 30.0 Å². The molecule has 1 aliphatic heterocycles. The molecular formula is C26H28F3N3O3S2. The van der Waals surface area contributed by atoms with E-state index in [4.69, 9.17) is 0 Å². The van der Waals surface area contributed by atoms with E-state index < -0.39 is 21.6 Å². The van der Waals surface area contributed by atoms with E-state index in [2.05, 4.69) is 29.0 Å². The highest BCUT2D eigenvalue weighted by Gasteiger charge is 2.36. The lowest BCUT2D eigenvalue weighted by Crippen LogP contribution is -2.26. The van der Waals surface area contributed by atoms with E-state index in [1.807, 2.05) is 0 Å². The Labute approximate surface area is 218 Å². The Balaban J connectivity index is 1.41. The molecule has 1 atom stereocenters. The van der Waals surface area contributed by atoms with Crippen molar-refractivity contribution in [3.05, 3.63) is 75.8 Å². The molecule has 11 heteroatoms. The number of anilines is 1. The zero-order valence-electron chi connectivity index (χ0n) is 20.7. The van der Waals surface area contributed by atoms with Crippen molar-refractivity contribution in [1.82, 2.24) is 9.88 Å². The maximum atomic E-state index is 12.9. The Morgan fingerprint density at radius 2 is 1.73 bits per heavy atom. The van der Waals surface area contributed by atoms with Gasteiger partial charge in [0.2, 0.25) is 5.91 Å². The van der Waals surface area contributed by atoms with Gasteiger partial charge in [0.15, 0.2) is 15.0 Å². The van der Waals surface area contributed by atoms with Gasteiger partial charge in [-0.15, -0.1) is 11.3 Å². The number of halogens is 3. The molecular weight excluding hydrogens is 523 g/mol. The number of thiazole rings is 1. The van der Waals surface area contributed by atoms with E-state index in [0.29, 0.717) is 23.8 Å². The number of carbonyl (C=O) groups is 1. The van der Waals surface area contributed by atoms with Crippen LogP contribution in [0.2, 0.25) is 0 Å². The molecule has 0 saturated heterocycles. The van der Waals surface area contributed by atoms with Crippen molar-refractivity contribution in [3.63, 3.8) is 0 Å². The highest BCUT2D eigenvalue weighted by atomic mass is 32.2. The number of hydrogen-bond acceptors (Lipinski definition) is 6. The third-order valence-electron chi connectivity index (χ3n) is 6.32. The first kappa shape index (κ1) is 27.3. The molecule has 0 aliphatic carbocycles. The number of rotatable bonds is 8. The summed E-state index contributed by atoms with van der Waals surface area (Å²) < 4.78 is 62.6. The maximum absolute atomic E-state index is 12.9. The SMILES string of the molecule is CCS(=O)(=O)c1ccc(CC(=O)Nc2nc3c(s2)CN(Cc2ccc(C(F)(F)F)cc2)[C@@H]3C(C)C)cc1. The second kappa shape index (κ2) is 10.5. The Kier molecular flexibility index (Phi) is 7.77. The third kappa shape index (κ3) is 6.22. The number of aromatic nitrogens is 1. The van der Waals surface area contributed by atoms with Crippen LogP contribution in [-0.2, 0) is 40.3 Å². The first-order valence-electron chi connectivity index (χ1n) is 11.9. The molecule has 0 bridgehead atoms. The fraction of sp³-hybridized carbons (Fsp3) is 0.385. The summed E-state index contributed by atoms with van der Waals surface area (Å²) in [5.74, 6) is -0.0266. The average Bonchev–Trinajstić information content (AvgIpc) is 3.35. The molecule has 1 N–H and O–H groups in total. The molecule has 1 aromatic heterocycles. The van der Waals surface area contributed by atoms with Gasteiger partial charge >= 0.3 is 6.18 Å².